The molecule has 0 bridgehead atoms. The Morgan fingerprint density at radius 3 is 2.72 bits per heavy atom. The maximum atomic E-state index is 11.1. The highest BCUT2D eigenvalue weighted by Gasteiger charge is 2.15. The van der Waals surface area contributed by atoms with Crippen molar-refractivity contribution in [1.82, 2.24) is 14.5 Å². The number of rotatable bonds is 7. The van der Waals surface area contributed by atoms with Gasteiger partial charge in [0.05, 0.1) is 16.0 Å². The van der Waals surface area contributed by atoms with Crippen LogP contribution in [0.15, 0.2) is 54.7 Å². The van der Waals surface area contributed by atoms with Crippen molar-refractivity contribution in [3.05, 3.63) is 69.9 Å². The van der Waals surface area contributed by atoms with Crippen LogP contribution in [0.1, 0.15) is 0 Å². The lowest BCUT2D eigenvalue weighted by atomic mass is 10.3. The highest BCUT2D eigenvalue weighted by atomic mass is 35.5. The maximum Gasteiger partial charge on any atom is 0.289 e. The minimum absolute atomic E-state index is 0.0611. The van der Waals surface area contributed by atoms with Gasteiger partial charge < -0.3 is 19.5 Å². The quantitative estimate of drug-likeness (QED) is 0.246. The smallest absolute Gasteiger partial charge is 0.289 e. The van der Waals surface area contributed by atoms with E-state index < -0.39 is 4.92 Å². The van der Waals surface area contributed by atoms with E-state index in [1.807, 2.05) is 17.7 Å². The SMILES string of the molecule is CN(C=O)c1cc(Oc2ccc3c(c2)nc(Nc2ccc(Cl)c([N+](=O)[O-])c2)n3C)ccn1. The monoisotopic (exact) mass is 452 g/mol. The molecule has 2 aromatic carbocycles. The number of ether oxygens (including phenoxy) is 1. The number of aromatic nitrogens is 3. The van der Waals surface area contributed by atoms with Crippen molar-refractivity contribution >= 4 is 52.2 Å². The number of carbonyl (C=O) groups is 1. The van der Waals surface area contributed by atoms with Crippen molar-refractivity contribution in [2.24, 2.45) is 7.05 Å². The Morgan fingerprint density at radius 1 is 1.19 bits per heavy atom. The molecule has 0 aliphatic heterocycles. The molecule has 0 aliphatic rings. The van der Waals surface area contributed by atoms with Crippen LogP contribution in [0.25, 0.3) is 11.0 Å². The second kappa shape index (κ2) is 8.52. The summed E-state index contributed by atoms with van der Waals surface area (Å²) < 4.78 is 7.73. The summed E-state index contributed by atoms with van der Waals surface area (Å²) in [6, 6.07) is 13.2. The van der Waals surface area contributed by atoms with Crippen LogP contribution in [0.3, 0.4) is 0 Å². The molecule has 11 heteroatoms. The average Bonchev–Trinajstić information content (AvgIpc) is 3.09. The number of imidazole rings is 1. The Bertz CT molecular complexity index is 1340. The molecule has 0 atom stereocenters. The van der Waals surface area contributed by atoms with Crippen LogP contribution in [0.5, 0.6) is 11.5 Å². The molecule has 2 aromatic heterocycles. The van der Waals surface area contributed by atoms with Crippen LogP contribution < -0.4 is 15.0 Å². The number of anilines is 3. The zero-order chi connectivity index (χ0) is 22.8. The van der Waals surface area contributed by atoms with Crippen molar-refractivity contribution in [2.75, 3.05) is 17.3 Å². The van der Waals surface area contributed by atoms with E-state index in [4.69, 9.17) is 16.3 Å². The van der Waals surface area contributed by atoms with Crippen molar-refractivity contribution in [1.29, 1.82) is 0 Å². The molecule has 0 radical (unpaired) electrons. The highest BCUT2D eigenvalue weighted by molar-refractivity contribution is 6.32. The molecule has 4 aromatic rings. The largest absolute Gasteiger partial charge is 0.457 e. The second-order valence-corrected chi connectivity index (χ2v) is 7.27. The van der Waals surface area contributed by atoms with Crippen LogP contribution in [-0.2, 0) is 11.8 Å². The lowest BCUT2D eigenvalue weighted by Crippen LogP contribution is -2.14. The van der Waals surface area contributed by atoms with Gasteiger partial charge in [0.25, 0.3) is 5.69 Å². The van der Waals surface area contributed by atoms with Crippen molar-refractivity contribution in [2.45, 2.75) is 0 Å². The van der Waals surface area contributed by atoms with Gasteiger partial charge in [-0.15, -0.1) is 0 Å². The molecule has 32 heavy (non-hydrogen) atoms. The van der Waals surface area contributed by atoms with Gasteiger partial charge >= 0.3 is 0 Å². The summed E-state index contributed by atoms with van der Waals surface area (Å²) in [4.78, 5) is 31.6. The molecule has 10 nitrogen and oxygen atoms in total. The number of halogens is 1. The van der Waals surface area contributed by atoms with Crippen LogP contribution >= 0.6 is 11.6 Å². The molecule has 0 saturated heterocycles. The fourth-order valence-electron chi connectivity index (χ4n) is 3.06. The van der Waals surface area contributed by atoms with Gasteiger partial charge in [-0.3, -0.25) is 14.9 Å². The molecular weight excluding hydrogens is 436 g/mol. The van der Waals surface area contributed by atoms with Gasteiger partial charge in [-0.2, -0.15) is 0 Å². The third-order valence-corrected chi connectivity index (χ3v) is 5.04. The number of nitrogens with one attached hydrogen (secondary N) is 1. The predicted octanol–water partition coefficient (Wildman–Crippen LogP) is 4.66. The van der Waals surface area contributed by atoms with Gasteiger partial charge in [0.1, 0.15) is 22.3 Å². The van der Waals surface area contributed by atoms with E-state index in [1.165, 1.54) is 17.0 Å². The summed E-state index contributed by atoms with van der Waals surface area (Å²) in [5.74, 6) is 2.02. The molecule has 162 valence electrons. The molecule has 2 heterocycles. The molecule has 1 amide bonds. The van der Waals surface area contributed by atoms with Gasteiger partial charge in [0.2, 0.25) is 12.4 Å². The van der Waals surface area contributed by atoms with E-state index in [1.54, 1.807) is 43.6 Å². The first kappa shape index (κ1) is 21.1. The van der Waals surface area contributed by atoms with Gasteiger partial charge in [-0.25, -0.2) is 9.97 Å². The molecule has 1 N–H and O–H groups in total. The minimum atomic E-state index is -0.538. The maximum absolute atomic E-state index is 11.1. The summed E-state index contributed by atoms with van der Waals surface area (Å²) in [5, 5.41) is 14.3. The summed E-state index contributed by atoms with van der Waals surface area (Å²) in [6.45, 7) is 0. The first-order valence-corrected chi connectivity index (χ1v) is 9.73. The van der Waals surface area contributed by atoms with Crippen LogP contribution in [0, 0.1) is 10.1 Å². The van der Waals surface area contributed by atoms with Crippen LogP contribution in [-0.4, -0.2) is 32.9 Å². The second-order valence-electron chi connectivity index (χ2n) is 6.86. The van der Waals surface area contributed by atoms with E-state index >= 15 is 0 Å². The first-order valence-electron chi connectivity index (χ1n) is 9.35. The standard InChI is InChI=1S/C21H17ClN6O4/c1-26(12-29)20-11-15(7-8-23-20)32-14-4-6-18-17(10-14)25-21(27(18)2)24-13-3-5-16(22)19(9-13)28(30)31/h3-12H,1-2H3,(H,24,25). The summed E-state index contributed by atoms with van der Waals surface area (Å²) in [7, 11) is 3.43. The number of amides is 1. The van der Waals surface area contributed by atoms with E-state index in [9.17, 15) is 14.9 Å². The van der Waals surface area contributed by atoms with Gasteiger partial charge in [-0.1, -0.05) is 11.6 Å². The highest BCUT2D eigenvalue weighted by Crippen LogP contribution is 2.31. The summed E-state index contributed by atoms with van der Waals surface area (Å²) in [5.41, 5.74) is 1.79. The molecular formula is C21H17ClN6O4. The fourth-order valence-corrected chi connectivity index (χ4v) is 3.25. The Morgan fingerprint density at radius 2 is 1.97 bits per heavy atom. The van der Waals surface area contributed by atoms with Gasteiger partial charge in [0.15, 0.2) is 0 Å². The number of hydrogen-bond acceptors (Lipinski definition) is 7. The van der Waals surface area contributed by atoms with E-state index in [2.05, 4.69) is 15.3 Å². The predicted molar refractivity (Wildman–Crippen MR) is 121 cm³/mol. The average molecular weight is 453 g/mol. The fraction of sp³-hybridized carbons (Fsp3) is 0.0952. The third kappa shape index (κ3) is 4.16. The number of aryl methyl sites for hydroxylation is 1. The molecule has 0 unspecified atom stereocenters. The number of hydrogen-bond donors (Lipinski definition) is 1. The minimum Gasteiger partial charge on any atom is -0.457 e. The molecule has 0 aliphatic carbocycles. The topological polar surface area (TPSA) is 115 Å². The Labute approximate surface area is 187 Å². The lowest BCUT2D eigenvalue weighted by Gasteiger charge is -2.11. The number of pyridine rings is 1. The Balaban J connectivity index is 1.61. The molecule has 4 rings (SSSR count). The Kier molecular flexibility index (Phi) is 5.61. The number of benzene rings is 2. The van der Waals surface area contributed by atoms with E-state index in [0.717, 1.165) is 5.52 Å². The van der Waals surface area contributed by atoms with Gasteiger partial charge in [0, 0.05) is 44.2 Å². The number of carbonyl (C=O) groups excluding carboxylic acids is 1. The zero-order valence-electron chi connectivity index (χ0n) is 17.0. The van der Waals surface area contributed by atoms with Crippen LogP contribution in [0.2, 0.25) is 5.02 Å². The third-order valence-electron chi connectivity index (χ3n) is 4.72. The molecule has 0 spiro atoms. The van der Waals surface area contributed by atoms with Gasteiger partial charge in [-0.05, 0) is 30.3 Å². The Hall–Kier alpha value is -4.18. The number of fused-ring (bicyclic) bond motifs is 1. The summed E-state index contributed by atoms with van der Waals surface area (Å²) in [6.07, 6.45) is 2.22. The summed E-state index contributed by atoms with van der Waals surface area (Å²) >= 11 is 5.88. The number of nitro groups is 1. The molecule has 0 fully saturated rings. The van der Waals surface area contributed by atoms with Crippen molar-refractivity contribution in [3.63, 3.8) is 0 Å². The van der Waals surface area contributed by atoms with E-state index in [-0.39, 0.29) is 10.7 Å². The normalized spacial score (nSPS) is 10.7. The lowest BCUT2D eigenvalue weighted by molar-refractivity contribution is -0.384. The number of nitro benzene ring substituents is 1. The number of nitrogens with zero attached hydrogens (tertiary/aromatic N) is 5. The van der Waals surface area contributed by atoms with Crippen molar-refractivity contribution < 1.29 is 14.5 Å². The van der Waals surface area contributed by atoms with Crippen molar-refractivity contribution in [3.8, 4) is 11.5 Å². The first-order chi connectivity index (χ1) is 15.4. The van der Waals surface area contributed by atoms with E-state index in [0.29, 0.717) is 40.9 Å². The zero-order valence-corrected chi connectivity index (χ0v) is 17.8. The van der Waals surface area contributed by atoms with Crippen LogP contribution in [0.4, 0.5) is 23.1 Å². The molecule has 0 saturated carbocycles.